The van der Waals surface area contributed by atoms with Crippen LogP contribution in [-0.4, -0.2) is 77.8 Å². The predicted octanol–water partition coefficient (Wildman–Crippen LogP) is 4.59. The largest absolute Gasteiger partial charge is 0.488 e. The van der Waals surface area contributed by atoms with Crippen LogP contribution >= 0.6 is 0 Å². The molecule has 2 aromatic rings. The molecule has 5 amide bonds. The van der Waals surface area contributed by atoms with E-state index in [1.165, 1.54) is 30.7 Å². The van der Waals surface area contributed by atoms with Gasteiger partial charge in [0.05, 0.1) is 25.6 Å². The SMILES string of the molecule is C[C@@H]1CN([C@@H](C)CO)C(=O)Cc2cc(NC(=O)Nc3ccc(F)cc3)ccc2O[C@@H]1CN(C)C(=O)NC1CCCCC1. The summed E-state index contributed by atoms with van der Waals surface area (Å²) in [6.07, 6.45) is 4.97. The topological polar surface area (TPSA) is 123 Å². The van der Waals surface area contributed by atoms with Gasteiger partial charge in [0.25, 0.3) is 0 Å². The number of amides is 5. The van der Waals surface area contributed by atoms with Crippen LogP contribution in [0.2, 0.25) is 0 Å². The maximum atomic E-state index is 13.4. The van der Waals surface area contributed by atoms with E-state index in [2.05, 4.69) is 16.0 Å². The molecule has 4 N–H and O–H groups in total. The Labute approximate surface area is 246 Å². The summed E-state index contributed by atoms with van der Waals surface area (Å²) in [5.41, 5.74) is 1.44. The number of carbonyl (C=O) groups excluding carboxylic acids is 3. The lowest BCUT2D eigenvalue weighted by atomic mass is 9.96. The van der Waals surface area contributed by atoms with Gasteiger partial charge >= 0.3 is 12.1 Å². The van der Waals surface area contributed by atoms with Crippen LogP contribution in [0.25, 0.3) is 0 Å². The van der Waals surface area contributed by atoms with E-state index in [9.17, 15) is 23.9 Å². The van der Waals surface area contributed by atoms with Crippen molar-refractivity contribution in [3.05, 3.63) is 53.8 Å². The number of carbonyl (C=O) groups is 3. The molecule has 0 bridgehead atoms. The average molecular weight is 584 g/mol. The van der Waals surface area contributed by atoms with Gasteiger partial charge < -0.3 is 35.6 Å². The van der Waals surface area contributed by atoms with Crippen molar-refractivity contribution in [1.29, 1.82) is 0 Å². The number of benzene rings is 2. The molecule has 2 aromatic carbocycles. The normalized spacial score (nSPS) is 20.2. The van der Waals surface area contributed by atoms with Crippen molar-refractivity contribution >= 4 is 29.3 Å². The van der Waals surface area contributed by atoms with Crippen molar-refractivity contribution < 1.29 is 28.6 Å². The van der Waals surface area contributed by atoms with Gasteiger partial charge in [-0.15, -0.1) is 0 Å². The zero-order valence-electron chi connectivity index (χ0n) is 24.6. The van der Waals surface area contributed by atoms with Gasteiger partial charge in [0, 0.05) is 42.5 Å². The van der Waals surface area contributed by atoms with Crippen LogP contribution in [0.1, 0.15) is 51.5 Å². The molecule has 0 radical (unpaired) electrons. The fourth-order valence-corrected chi connectivity index (χ4v) is 5.44. The minimum atomic E-state index is -0.524. The molecule has 1 aliphatic carbocycles. The molecule has 11 heteroatoms. The smallest absolute Gasteiger partial charge is 0.323 e. The average Bonchev–Trinajstić information content (AvgIpc) is 3.01. The number of urea groups is 2. The van der Waals surface area contributed by atoms with Crippen LogP contribution in [0.5, 0.6) is 5.75 Å². The standard InChI is InChI=1S/C31H42FN5O5/c1-20-17-37(21(2)19-38)29(39)16-22-15-26(34-30(40)33-25-11-9-23(32)10-12-25)13-14-27(22)42-28(20)18-36(3)31(41)35-24-7-5-4-6-8-24/h9-15,20-21,24,28,38H,4-8,16-19H2,1-3H3,(H,35,41)(H2,33,34,40)/t20-,21+,28-/m1/s1. The van der Waals surface area contributed by atoms with Gasteiger partial charge in [-0.3, -0.25) is 4.79 Å². The third-order valence-corrected chi connectivity index (χ3v) is 8.01. The summed E-state index contributed by atoms with van der Waals surface area (Å²) < 4.78 is 19.7. The van der Waals surface area contributed by atoms with Crippen molar-refractivity contribution in [2.24, 2.45) is 5.92 Å². The quantitative estimate of drug-likeness (QED) is 0.380. The third kappa shape index (κ3) is 8.34. The molecule has 2 aliphatic rings. The van der Waals surface area contributed by atoms with Gasteiger partial charge in [0.1, 0.15) is 17.7 Å². The van der Waals surface area contributed by atoms with E-state index in [1.807, 2.05) is 6.92 Å². The van der Waals surface area contributed by atoms with Crippen LogP contribution < -0.4 is 20.7 Å². The van der Waals surface area contributed by atoms with Crippen molar-refractivity contribution in [1.82, 2.24) is 15.1 Å². The molecule has 0 spiro atoms. The number of aliphatic hydroxyl groups excluding tert-OH is 1. The van der Waals surface area contributed by atoms with Gasteiger partial charge in [0.2, 0.25) is 5.91 Å². The van der Waals surface area contributed by atoms with E-state index in [0.29, 0.717) is 35.8 Å². The third-order valence-electron chi connectivity index (χ3n) is 8.01. The zero-order valence-corrected chi connectivity index (χ0v) is 24.6. The molecule has 1 fully saturated rings. The monoisotopic (exact) mass is 583 g/mol. The lowest BCUT2D eigenvalue weighted by Gasteiger charge is -2.34. The van der Waals surface area contributed by atoms with Gasteiger partial charge in [-0.1, -0.05) is 26.2 Å². The second kappa shape index (κ2) is 14.4. The number of halogens is 1. The van der Waals surface area contributed by atoms with Crippen molar-refractivity contribution in [3.63, 3.8) is 0 Å². The molecule has 228 valence electrons. The lowest BCUT2D eigenvalue weighted by molar-refractivity contribution is -0.134. The van der Waals surface area contributed by atoms with Gasteiger partial charge in [-0.25, -0.2) is 14.0 Å². The highest BCUT2D eigenvalue weighted by Gasteiger charge is 2.32. The highest BCUT2D eigenvalue weighted by atomic mass is 19.1. The van der Waals surface area contributed by atoms with Crippen LogP contribution in [0.4, 0.5) is 25.4 Å². The zero-order chi connectivity index (χ0) is 30.2. The first-order valence-electron chi connectivity index (χ1n) is 14.7. The molecular weight excluding hydrogens is 541 g/mol. The Balaban J connectivity index is 1.53. The number of fused-ring (bicyclic) bond motifs is 1. The van der Waals surface area contributed by atoms with Crippen LogP contribution in [0, 0.1) is 11.7 Å². The summed E-state index contributed by atoms with van der Waals surface area (Å²) in [6.45, 7) is 4.23. The van der Waals surface area contributed by atoms with E-state index in [-0.39, 0.29) is 36.9 Å². The Hall–Kier alpha value is -3.86. The molecule has 4 rings (SSSR count). The Kier molecular flexibility index (Phi) is 10.6. The minimum Gasteiger partial charge on any atom is -0.488 e. The number of anilines is 2. The van der Waals surface area contributed by atoms with E-state index in [0.717, 1.165) is 25.7 Å². The second-order valence-corrected chi connectivity index (χ2v) is 11.5. The fourth-order valence-electron chi connectivity index (χ4n) is 5.44. The van der Waals surface area contributed by atoms with Gasteiger partial charge in [-0.05, 0) is 62.2 Å². The summed E-state index contributed by atoms with van der Waals surface area (Å²) in [5, 5.41) is 18.4. The number of nitrogens with zero attached hydrogens (tertiary/aromatic N) is 2. The van der Waals surface area contributed by atoms with E-state index in [4.69, 9.17) is 4.74 Å². The maximum Gasteiger partial charge on any atom is 0.323 e. The molecule has 3 atom stereocenters. The molecule has 42 heavy (non-hydrogen) atoms. The molecule has 0 unspecified atom stereocenters. The summed E-state index contributed by atoms with van der Waals surface area (Å²) in [5.74, 6) is -0.246. The first-order chi connectivity index (χ1) is 20.1. The Bertz CT molecular complexity index is 1240. The number of rotatable bonds is 7. The number of aliphatic hydroxyl groups is 1. The Morgan fingerprint density at radius 1 is 1.10 bits per heavy atom. The molecule has 1 heterocycles. The molecule has 1 saturated carbocycles. The number of hydrogen-bond donors (Lipinski definition) is 4. The van der Waals surface area contributed by atoms with Gasteiger partial charge in [0.15, 0.2) is 0 Å². The number of nitrogens with one attached hydrogen (secondary N) is 3. The van der Waals surface area contributed by atoms with E-state index < -0.39 is 24.0 Å². The number of likely N-dealkylation sites (N-methyl/N-ethyl adjacent to an activating group) is 1. The molecule has 10 nitrogen and oxygen atoms in total. The van der Waals surface area contributed by atoms with Crippen molar-refractivity contribution in [3.8, 4) is 5.75 Å². The molecule has 0 saturated heterocycles. The van der Waals surface area contributed by atoms with E-state index >= 15 is 0 Å². The first-order valence-corrected chi connectivity index (χ1v) is 14.7. The number of ether oxygens (including phenoxy) is 1. The highest BCUT2D eigenvalue weighted by Crippen LogP contribution is 2.29. The molecular formula is C31H42FN5O5. The lowest BCUT2D eigenvalue weighted by Crippen LogP contribution is -2.50. The van der Waals surface area contributed by atoms with Crippen LogP contribution in [0.3, 0.4) is 0 Å². The maximum absolute atomic E-state index is 13.4. The Morgan fingerprint density at radius 2 is 1.76 bits per heavy atom. The summed E-state index contributed by atoms with van der Waals surface area (Å²) in [4.78, 5) is 42.3. The Morgan fingerprint density at radius 3 is 2.45 bits per heavy atom. The van der Waals surface area contributed by atoms with E-state index in [1.54, 1.807) is 42.0 Å². The molecule has 1 aliphatic heterocycles. The molecule has 0 aromatic heterocycles. The van der Waals surface area contributed by atoms with Gasteiger partial charge in [-0.2, -0.15) is 0 Å². The minimum absolute atomic E-state index is 0.00617. The van der Waals surface area contributed by atoms with Crippen molar-refractivity contribution in [2.45, 2.75) is 70.6 Å². The summed E-state index contributed by atoms with van der Waals surface area (Å²) in [7, 11) is 1.74. The second-order valence-electron chi connectivity index (χ2n) is 11.5. The summed E-state index contributed by atoms with van der Waals surface area (Å²) >= 11 is 0. The van der Waals surface area contributed by atoms with Crippen molar-refractivity contribution in [2.75, 3.05) is 37.4 Å². The predicted molar refractivity (Wildman–Crippen MR) is 159 cm³/mol. The summed E-state index contributed by atoms with van der Waals surface area (Å²) in [6, 6.07) is 9.59. The number of hydrogen-bond acceptors (Lipinski definition) is 5. The highest BCUT2D eigenvalue weighted by molar-refractivity contribution is 6.00. The fraction of sp³-hybridized carbons (Fsp3) is 0.516. The first kappa shape index (κ1) is 31.1. The van der Waals surface area contributed by atoms with Crippen LogP contribution in [-0.2, 0) is 11.2 Å². The van der Waals surface area contributed by atoms with Crippen LogP contribution in [0.15, 0.2) is 42.5 Å².